The van der Waals surface area contributed by atoms with Gasteiger partial charge in [-0.2, -0.15) is 0 Å². The van der Waals surface area contributed by atoms with Crippen LogP contribution in [0.1, 0.15) is 0 Å². The Labute approximate surface area is 322 Å². The van der Waals surface area contributed by atoms with E-state index in [0.717, 1.165) is 38.9 Å². The Morgan fingerprint density at radius 1 is 0.364 bits per heavy atom. The molecule has 0 aliphatic carbocycles. The molecular weight excluding hydrogens is 687 g/mol. The molecule has 0 saturated carbocycles. The van der Waals surface area contributed by atoms with Crippen LogP contribution in [0, 0.1) is 0 Å². The molecule has 0 saturated heterocycles. The lowest BCUT2D eigenvalue weighted by Gasteiger charge is -2.26. The van der Waals surface area contributed by atoms with Gasteiger partial charge in [0, 0.05) is 37.6 Å². The zero-order chi connectivity index (χ0) is 36.3. The fourth-order valence-corrected chi connectivity index (χ4v) is 9.40. The molecule has 2 aromatic heterocycles. The Morgan fingerprint density at radius 2 is 0.945 bits per heavy atom. The summed E-state index contributed by atoms with van der Waals surface area (Å²) in [7, 11) is 0. The van der Waals surface area contributed by atoms with E-state index in [-0.39, 0.29) is 0 Å². The molecule has 11 rings (SSSR count). The molecule has 258 valence electrons. The number of nitrogens with zero attached hydrogens (tertiary/aromatic N) is 1. The fraction of sp³-hybridized carbons (Fsp3) is 0. The maximum absolute atomic E-state index is 6.12. The van der Waals surface area contributed by atoms with Crippen LogP contribution in [0.5, 0.6) is 0 Å². The van der Waals surface area contributed by atoms with Gasteiger partial charge >= 0.3 is 0 Å². The van der Waals surface area contributed by atoms with Crippen molar-refractivity contribution in [1.82, 2.24) is 0 Å². The predicted octanol–water partition coefficient (Wildman–Crippen LogP) is 15.6. The number of thiophene rings is 1. The zero-order valence-electron chi connectivity index (χ0n) is 29.8. The van der Waals surface area contributed by atoms with Crippen molar-refractivity contribution in [2.24, 2.45) is 0 Å². The third kappa shape index (κ3) is 5.40. The van der Waals surface area contributed by atoms with Crippen LogP contribution in [0.2, 0.25) is 0 Å². The topological polar surface area (TPSA) is 16.4 Å². The summed E-state index contributed by atoms with van der Waals surface area (Å²) in [5.41, 5.74) is 12.4. The molecule has 0 amide bonds. The molecule has 2 nitrogen and oxygen atoms in total. The lowest BCUT2D eigenvalue weighted by molar-refractivity contribution is 0.669. The third-order valence-corrected chi connectivity index (χ3v) is 12.1. The summed E-state index contributed by atoms with van der Waals surface area (Å²) in [6.07, 6.45) is 0. The van der Waals surface area contributed by atoms with E-state index in [0.29, 0.717) is 0 Å². The molecule has 0 aliphatic heterocycles. The minimum atomic E-state index is 0.910. The average Bonchev–Trinajstić information content (AvgIpc) is 3.83. The molecule has 0 N–H and O–H groups in total. The van der Waals surface area contributed by atoms with Crippen LogP contribution < -0.4 is 4.90 Å². The van der Waals surface area contributed by atoms with Gasteiger partial charge in [0.25, 0.3) is 0 Å². The first-order valence-corrected chi connectivity index (χ1v) is 19.5. The molecule has 2 heterocycles. The number of hydrogen-bond acceptors (Lipinski definition) is 3. The molecule has 0 fully saturated rings. The minimum absolute atomic E-state index is 0.910. The maximum Gasteiger partial charge on any atom is 0.135 e. The van der Waals surface area contributed by atoms with Crippen molar-refractivity contribution >= 4 is 81.3 Å². The van der Waals surface area contributed by atoms with Crippen LogP contribution in [0.15, 0.2) is 205 Å². The molecule has 55 heavy (non-hydrogen) atoms. The van der Waals surface area contributed by atoms with Gasteiger partial charge in [0.05, 0.1) is 10.4 Å². The maximum atomic E-state index is 6.12. The lowest BCUT2D eigenvalue weighted by Crippen LogP contribution is -2.10. The van der Waals surface area contributed by atoms with Gasteiger partial charge in [0.2, 0.25) is 0 Å². The van der Waals surface area contributed by atoms with Crippen LogP contribution in [0.4, 0.5) is 17.1 Å². The number of fused-ring (bicyclic) bond motifs is 7. The highest BCUT2D eigenvalue weighted by Gasteiger charge is 2.19. The lowest BCUT2D eigenvalue weighted by atomic mass is 9.95. The number of anilines is 3. The van der Waals surface area contributed by atoms with Crippen molar-refractivity contribution < 1.29 is 4.42 Å². The zero-order valence-corrected chi connectivity index (χ0v) is 30.6. The van der Waals surface area contributed by atoms with E-state index in [1.807, 2.05) is 23.5 Å². The number of rotatable bonds is 6. The van der Waals surface area contributed by atoms with Crippen molar-refractivity contribution in [3.63, 3.8) is 0 Å². The molecule has 0 spiro atoms. The second-order valence-corrected chi connectivity index (χ2v) is 15.2. The second kappa shape index (κ2) is 12.9. The first-order chi connectivity index (χ1) is 27.2. The molecule has 9 aromatic carbocycles. The van der Waals surface area contributed by atoms with Crippen LogP contribution >= 0.6 is 11.3 Å². The molecule has 0 unspecified atom stereocenters. The Balaban J connectivity index is 1.00. The molecular formula is C52H33NOS. The van der Waals surface area contributed by atoms with Crippen LogP contribution in [-0.4, -0.2) is 0 Å². The number of furan rings is 1. The van der Waals surface area contributed by atoms with E-state index in [1.165, 1.54) is 64.4 Å². The minimum Gasteiger partial charge on any atom is -0.456 e. The Hall–Kier alpha value is -6.94. The van der Waals surface area contributed by atoms with E-state index in [4.69, 9.17) is 4.42 Å². The largest absolute Gasteiger partial charge is 0.456 e. The van der Waals surface area contributed by atoms with Gasteiger partial charge in [-0.1, -0.05) is 140 Å². The van der Waals surface area contributed by atoms with Crippen LogP contribution in [-0.2, 0) is 0 Å². The number of hydrogen-bond donors (Lipinski definition) is 0. The van der Waals surface area contributed by atoms with E-state index in [9.17, 15) is 0 Å². The Morgan fingerprint density at radius 3 is 1.76 bits per heavy atom. The predicted molar refractivity (Wildman–Crippen MR) is 235 cm³/mol. The first kappa shape index (κ1) is 31.6. The molecule has 0 radical (unpaired) electrons. The summed E-state index contributed by atoms with van der Waals surface area (Å²) in [6.45, 7) is 0. The summed E-state index contributed by atoms with van der Waals surface area (Å²) in [4.78, 5) is 2.41. The summed E-state index contributed by atoms with van der Waals surface area (Å²) < 4.78 is 8.69. The number of para-hydroxylation sites is 1. The monoisotopic (exact) mass is 719 g/mol. The van der Waals surface area contributed by atoms with Crippen molar-refractivity contribution in [3.05, 3.63) is 200 Å². The van der Waals surface area contributed by atoms with Gasteiger partial charge in [-0.25, -0.2) is 0 Å². The highest BCUT2D eigenvalue weighted by Crippen LogP contribution is 2.45. The van der Waals surface area contributed by atoms with Crippen molar-refractivity contribution in [3.8, 4) is 33.4 Å². The normalized spacial score (nSPS) is 11.6. The molecule has 3 heteroatoms. The third-order valence-electron chi connectivity index (χ3n) is 10.9. The second-order valence-electron chi connectivity index (χ2n) is 14.1. The van der Waals surface area contributed by atoms with E-state index in [1.54, 1.807) is 0 Å². The molecule has 0 aliphatic rings. The standard InChI is InChI=1S/C52H33NOS/c1-2-14-42-36(10-1)11-8-17-43(42)39-13-7-12-37(32-39)34-22-27-40(28-23-34)53(48-19-9-18-46-45-16-4-6-21-51(45)55-52(46)48)41-29-24-35(25-30-41)38-26-31-50-47(33-38)44-15-3-5-20-49(44)54-50/h1-33H. The molecule has 0 bridgehead atoms. The van der Waals surface area contributed by atoms with E-state index >= 15 is 0 Å². The van der Waals surface area contributed by atoms with Crippen molar-refractivity contribution in [2.45, 2.75) is 0 Å². The summed E-state index contributed by atoms with van der Waals surface area (Å²) in [5.74, 6) is 0. The quantitative estimate of drug-likeness (QED) is 0.170. The van der Waals surface area contributed by atoms with Gasteiger partial charge in [0.1, 0.15) is 11.2 Å². The van der Waals surface area contributed by atoms with Gasteiger partial charge in [-0.3, -0.25) is 0 Å². The highest BCUT2D eigenvalue weighted by atomic mass is 32.1. The first-order valence-electron chi connectivity index (χ1n) is 18.7. The van der Waals surface area contributed by atoms with E-state index < -0.39 is 0 Å². The van der Waals surface area contributed by atoms with Gasteiger partial charge in [0.15, 0.2) is 0 Å². The molecule has 0 atom stereocenters. The molecule has 11 aromatic rings. The van der Waals surface area contributed by atoms with Crippen molar-refractivity contribution in [1.29, 1.82) is 0 Å². The van der Waals surface area contributed by atoms with Gasteiger partial charge in [-0.15, -0.1) is 11.3 Å². The van der Waals surface area contributed by atoms with Crippen LogP contribution in [0.3, 0.4) is 0 Å². The van der Waals surface area contributed by atoms with Crippen LogP contribution in [0.25, 0.3) is 86.3 Å². The summed E-state index contributed by atoms with van der Waals surface area (Å²) >= 11 is 1.86. The fourth-order valence-electron chi connectivity index (χ4n) is 8.19. The number of benzene rings is 9. The average molecular weight is 720 g/mol. The highest BCUT2D eigenvalue weighted by molar-refractivity contribution is 7.26. The summed E-state index contributed by atoms with van der Waals surface area (Å²) in [5, 5.41) is 7.38. The van der Waals surface area contributed by atoms with Gasteiger partial charge < -0.3 is 9.32 Å². The SMILES string of the molecule is c1cc(-c2ccc(N(c3ccc(-c4ccc5oc6ccccc6c5c4)cc3)c3cccc4c3sc3ccccc34)cc2)cc(-c2cccc3ccccc23)c1. The van der Waals surface area contributed by atoms with Crippen molar-refractivity contribution in [2.75, 3.05) is 4.90 Å². The smallest absolute Gasteiger partial charge is 0.135 e. The Bertz CT molecular complexity index is 3200. The van der Waals surface area contributed by atoms with Gasteiger partial charge in [-0.05, 0) is 105 Å². The summed E-state index contributed by atoms with van der Waals surface area (Å²) in [6, 6.07) is 72.3. The van der Waals surface area contributed by atoms with E-state index in [2.05, 4.69) is 193 Å². The Kier molecular flexibility index (Phi) is 7.39.